The number of hydrogen-bond donors (Lipinski definition) is 1. The van der Waals surface area contributed by atoms with Crippen LogP contribution in [0.1, 0.15) is 32.3 Å². The Morgan fingerprint density at radius 3 is 2.79 bits per heavy atom. The van der Waals surface area contributed by atoms with Crippen LogP contribution in [-0.2, 0) is 16.1 Å². The van der Waals surface area contributed by atoms with Crippen molar-refractivity contribution in [2.24, 2.45) is 0 Å². The van der Waals surface area contributed by atoms with Gasteiger partial charge < -0.3 is 15.4 Å². The summed E-state index contributed by atoms with van der Waals surface area (Å²) < 4.78 is 5.16. The van der Waals surface area contributed by atoms with Crippen LogP contribution in [0.4, 0.5) is 5.69 Å². The predicted molar refractivity (Wildman–Crippen MR) is 77.7 cm³/mol. The van der Waals surface area contributed by atoms with Crippen molar-refractivity contribution in [1.82, 2.24) is 4.90 Å². The largest absolute Gasteiger partial charge is 0.399 e. The number of nitrogens with zero attached hydrogens (tertiary/aromatic N) is 1. The Morgan fingerprint density at radius 2 is 2.21 bits per heavy atom. The summed E-state index contributed by atoms with van der Waals surface area (Å²) in [6.07, 6.45) is 1.39. The number of amides is 1. The predicted octanol–water partition coefficient (Wildman–Crippen LogP) is 2.43. The van der Waals surface area contributed by atoms with Crippen LogP contribution < -0.4 is 5.73 Å². The fourth-order valence-corrected chi connectivity index (χ4v) is 1.89. The number of carbonyl (C=O) groups excluding carboxylic acids is 1. The smallest absolute Gasteiger partial charge is 0.222 e. The Balaban J connectivity index is 2.55. The normalized spacial score (nSPS) is 12.2. The second-order valence-corrected chi connectivity index (χ2v) is 4.74. The summed E-state index contributed by atoms with van der Waals surface area (Å²) in [5.41, 5.74) is 7.54. The molecule has 0 heterocycles. The van der Waals surface area contributed by atoms with Crippen LogP contribution in [0.5, 0.6) is 0 Å². The third-order valence-electron chi connectivity index (χ3n) is 3.23. The summed E-state index contributed by atoms with van der Waals surface area (Å²) in [6, 6.07) is 7.66. The number of methoxy groups -OCH3 is 1. The number of anilines is 1. The Morgan fingerprint density at radius 1 is 1.47 bits per heavy atom. The number of nitrogens with two attached hydrogens (primary N) is 1. The Hall–Kier alpha value is -1.55. The van der Waals surface area contributed by atoms with Crippen molar-refractivity contribution in [3.8, 4) is 0 Å². The van der Waals surface area contributed by atoms with E-state index in [1.165, 1.54) is 0 Å². The van der Waals surface area contributed by atoms with Gasteiger partial charge in [0, 0.05) is 32.3 Å². The van der Waals surface area contributed by atoms with Crippen molar-refractivity contribution in [2.75, 3.05) is 19.4 Å². The number of rotatable bonds is 7. The zero-order valence-corrected chi connectivity index (χ0v) is 12.1. The second-order valence-electron chi connectivity index (χ2n) is 4.74. The molecule has 106 valence electrons. The van der Waals surface area contributed by atoms with Gasteiger partial charge in [0.2, 0.25) is 5.91 Å². The maximum absolute atomic E-state index is 12.1. The molecule has 19 heavy (non-hydrogen) atoms. The molecule has 1 rings (SSSR count). The second kappa shape index (κ2) is 7.79. The average Bonchev–Trinajstić information content (AvgIpc) is 2.41. The summed E-state index contributed by atoms with van der Waals surface area (Å²) in [7, 11) is 1.67. The van der Waals surface area contributed by atoms with Gasteiger partial charge in [0.1, 0.15) is 0 Å². The van der Waals surface area contributed by atoms with Gasteiger partial charge in [-0.05, 0) is 38.0 Å². The summed E-state index contributed by atoms with van der Waals surface area (Å²) in [5, 5.41) is 0. The van der Waals surface area contributed by atoms with Crippen LogP contribution in [-0.4, -0.2) is 30.6 Å². The third-order valence-corrected chi connectivity index (χ3v) is 3.23. The average molecular weight is 264 g/mol. The molecular formula is C15H24N2O2. The highest BCUT2D eigenvalue weighted by atomic mass is 16.5. The standard InChI is InChI=1S/C15H24N2O2/c1-4-17(15(18)9-8-12(2)19-3)11-13-6-5-7-14(16)10-13/h5-7,10,12H,4,8-9,11,16H2,1-3H3. The van der Waals surface area contributed by atoms with E-state index in [0.29, 0.717) is 19.5 Å². The zero-order valence-electron chi connectivity index (χ0n) is 12.1. The number of hydrogen-bond acceptors (Lipinski definition) is 3. The highest BCUT2D eigenvalue weighted by Gasteiger charge is 2.13. The molecule has 1 amide bonds. The first-order chi connectivity index (χ1) is 9.06. The number of benzene rings is 1. The highest BCUT2D eigenvalue weighted by Crippen LogP contribution is 2.11. The van der Waals surface area contributed by atoms with Gasteiger partial charge in [-0.1, -0.05) is 12.1 Å². The molecule has 4 nitrogen and oxygen atoms in total. The minimum absolute atomic E-state index is 0.120. The lowest BCUT2D eigenvalue weighted by atomic mass is 10.1. The molecule has 0 radical (unpaired) electrons. The molecule has 0 aromatic heterocycles. The van der Waals surface area contributed by atoms with Crippen LogP contribution in [0.25, 0.3) is 0 Å². The van der Waals surface area contributed by atoms with Crippen molar-refractivity contribution in [3.63, 3.8) is 0 Å². The van der Waals surface area contributed by atoms with E-state index in [1.807, 2.05) is 43.0 Å². The lowest BCUT2D eigenvalue weighted by molar-refractivity contribution is -0.132. The third kappa shape index (κ3) is 5.30. The summed E-state index contributed by atoms with van der Waals surface area (Å²) in [5.74, 6) is 0.161. The monoisotopic (exact) mass is 264 g/mol. The van der Waals surface area contributed by atoms with Gasteiger partial charge in [0.05, 0.1) is 6.10 Å². The van der Waals surface area contributed by atoms with Crippen LogP contribution in [0.15, 0.2) is 24.3 Å². The van der Waals surface area contributed by atoms with E-state index < -0.39 is 0 Å². The van der Waals surface area contributed by atoms with Crippen LogP contribution in [0.2, 0.25) is 0 Å². The lowest BCUT2D eigenvalue weighted by Gasteiger charge is -2.22. The van der Waals surface area contributed by atoms with Crippen LogP contribution >= 0.6 is 0 Å². The maximum Gasteiger partial charge on any atom is 0.222 e. The first-order valence-corrected chi connectivity index (χ1v) is 6.71. The molecule has 0 fully saturated rings. The zero-order chi connectivity index (χ0) is 14.3. The van der Waals surface area contributed by atoms with Crippen LogP contribution in [0, 0.1) is 0 Å². The van der Waals surface area contributed by atoms with Gasteiger partial charge >= 0.3 is 0 Å². The fourth-order valence-electron chi connectivity index (χ4n) is 1.89. The highest BCUT2D eigenvalue weighted by molar-refractivity contribution is 5.76. The van der Waals surface area contributed by atoms with Crippen molar-refractivity contribution in [1.29, 1.82) is 0 Å². The lowest BCUT2D eigenvalue weighted by Crippen LogP contribution is -2.30. The van der Waals surface area contributed by atoms with Crippen molar-refractivity contribution in [2.45, 2.75) is 39.3 Å². The first-order valence-electron chi connectivity index (χ1n) is 6.71. The Bertz CT molecular complexity index is 407. The van der Waals surface area contributed by atoms with Gasteiger partial charge in [-0.3, -0.25) is 4.79 Å². The summed E-state index contributed by atoms with van der Waals surface area (Å²) in [6.45, 7) is 5.28. The molecule has 0 spiro atoms. The number of carbonyl (C=O) groups is 1. The van der Waals surface area contributed by atoms with Gasteiger partial charge in [-0.2, -0.15) is 0 Å². The minimum atomic E-state index is 0.120. The molecule has 1 aromatic carbocycles. The molecule has 0 aliphatic rings. The Labute approximate surface area is 115 Å². The number of ether oxygens (including phenoxy) is 1. The Kier molecular flexibility index (Phi) is 6.36. The van der Waals surface area contributed by atoms with Crippen molar-refractivity contribution >= 4 is 11.6 Å². The molecular weight excluding hydrogens is 240 g/mol. The van der Waals surface area contributed by atoms with Gasteiger partial charge in [0.15, 0.2) is 0 Å². The quantitative estimate of drug-likeness (QED) is 0.770. The van der Waals surface area contributed by atoms with E-state index in [4.69, 9.17) is 10.5 Å². The van der Waals surface area contributed by atoms with E-state index in [-0.39, 0.29) is 12.0 Å². The summed E-state index contributed by atoms with van der Waals surface area (Å²) in [4.78, 5) is 14.0. The van der Waals surface area contributed by atoms with Gasteiger partial charge in [-0.25, -0.2) is 0 Å². The molecule has 1 unspecified atom stereocenters. The molecule has 0 aliphatic carbocycles. The van der Waals surface area contributed by atoms with Crippen molar-refractivity contribution in [3.05, 3.63) is 29.8 Å². The molecule has 0 saturated heterocycles. The molecule has 0 aliphatic heterocycles. The molecule has 4 heteroatoms. The van der Waals surface area contributed by atoms with Gasteiger partial charge in [-0.15, -0.1) is 0 Å². The van der Waals surface area contributed by atoms with E-state index in [9.17, 15) is 4.79 Å². The van der Waals surface area contributed by atoms with E-state index in [1.54, 1.807) is 7.11 Å². The topological polar surface area (TPSA) is 55.6 Å². The molecule has 1 atom stereocenters. The van der Waals surface area contributed by atoms with E-state index in [0.717, 1.165) is 17.7 Å². The first kappa shape index (κ1) is 15.5. The van der Waals surface area contributed by atoms with Gasteiger partial charge in [0.25, 0.3) is 0 Å². The molecule has 2 N–H and O–H groups in total. The fraction of sp³-hybridized carbons (Fsp3) is 0.533. The molecule has 0 saturated carbocycles. The molecule has 0 bridgehead atoms. The number of nitrogen functional groups attached to an aromatic ring is 1. The maximum atomic E-state index is 12.1. The molecule has 1 aromatic rings. The minimum Gasteiger partial charge on any atom is -0.399 e. The van der Waals surface area contributed by atoms with Crippen molar-refractivity contribution < 1.29 is 9.53 Å². The van der Waals surface area contributed by atoms with E-state index >= 15 is 0 Å². The summed E-state index contributed by atoms with van der Waals surface area (Å²) >= 11 is 0. The van der Waals surface area contributed by atoms with Crippen LogP contribution in [0.3, 0.4) is 0 Å². The van der Waals surface area contributed by atoms with E-state index in [2.05, 4.69) is 0 Å². The SMILES string of the molecule is CCN(Cc1cccc(N)c1)C(=O)CCC(C)OC.